The zero-order valence-corrected chi connectivity index (χ0v) is 14.8. The van der Waals surface area contributed by atoms with Crippen molar-refractivity contribution in [1.29, 1.82) is 0 Å². The first-order valence-electron chi connectivity index (χ1n) is 8.96. The number of anilines is 2. The smallest absolute Gasteiger partial charge is 0.241 e. The largest absolute Gasteiger partial charge is 0.376 e. The molecule has 1 aliphatic heterocycles. The summed E-state index contributed by atoms with van der Waals surface area (Å²) in [5, 5.41) is 6.05. The normalized spacial score (nSPS) is 15.0. The van der Waals surface area contributed by atoms with Crippen molar-refractivity contribution in [2.75, 3.05) is 30.3 Å². The summed E-state index contributed by atoms with van der Waals surface area (Å²) in [6.45, 7) is 6.11. The van der Waals surface area contributed by atoms with Crippen molar-refractivity contribution in [2.24, 2.45) is 5.92 Å². The van der Waals surface area contributed by atoms with Crippen LogP contribution in [0.3, 0.4) is 0 Å². The molecule has 0 atom stereocenters. The number of benzene rings is 1. The van der Waals surface area contributed by atoms with Gasteiger partial charge >= 0.3 is 0 Å². The van der Waals surface area contributed by atoms with Gasteiger partial charge in [-0.1, -0.05) is 26.7 Å². The van der Waals surface area contributed by atoms with Gasteiger partial charge in [-0.3, -0.25) is 9.59 Å². The second kappa shape index (κ2) is 9.30. The van der Waals surface area contributed by atoms with Crippen LogP contribution in [0.15, 0.2) is 24.3 Å². The van der Waals surface area contributed by atoms with Gasteiger partial charge in [0.2, 0.25) is 11.8 Å². The van der Waals surface area contributed by atoms with Crippen LogP contribution in [0.5, 0.6) is 0 Å². The van der Waals surface area contributed by atoms with Crippen molar-refractivity contribution in [3.63, 3.8) is 0 Å². The first-order chi connectivity index (χ1) is 11.5. The van der Waals surface area contributed by atoms with Crippen LogP contribution >= 0.6 is 0 Å². The predicted molar refractivity (Wildman–Crippen MR) is 98.1 cm³/mol. The summed E-state index contributed by atoms with van der Waals surface area (Å²) in [5.74, 6) is 0.532. The molecule has 0 unspecified atom stereocenters. The van der Waals surface area contributed by atoms with Crippen LogP contribution < -0.4 is 10.6 Å². The Labute approximate surface area is 144 Å². The van der Waals surface area contributed by atoms with Gasteiger partial charge in [0.25, 0.3) is 0 Å². The molecule has 0 bridgehead atoms. The zero-order valence-electron chi connectivity index (χ0n) is 14.8. The quantitative estimate of drug-likeness (QED) is 0.839. The van der Waals surface area contributed by atoms with E-state index in [1.54, 1.807) is 0 Å². The molecule has 132 valence electrons. The van der Waals surface area contributed by atoms with Crippen molar-refractivity contribution < 1.29 is 9.59 Å². The lowest BCUT2D eigenvalue weighted by atomic mass is 10.1. The Kier molecular flexibility index (Phi) is 7.09. The van der Waals surface area contributed by atoms with Crippen molar-refractivity contribution >= 4 is 23.2 Å². The van der Waals surface area contributed by atoms with Gasteiger partial charge in [0.1, 0.15) is 0 Å². The van der Waals surface area contributed by atoms with Crippen molar-refractivity contribution in [3.8, 4) is 0 Å². The van der Waals surface area contributed by atoms with E-state index in [9.17, 15) is 9.59 Å². The lowest BCUT2D eigenvalue weighted by Gasteiger charge is -2.20. The minimum atomic E-state index is 0.0297. The van der Waals surface area contributed by atoms with Crippen LogP contribution in [0.1, 0.15) is 46.0 Å². The molecule has 0 saturated carbocycles. The van der Waals surface area contributed by atoms with Crippen LogP contribution in [-0.2, 0) is 9.59 Å². The van der Waals surface area contributed by atoms with Gasteiger partial charge in [0.15, 0.2) is 0 Å². The lowest BCUT2D eigenvalue weighted by molar-refractivity contribution is -0.129. The maximum Gasteiger partial charge on any atom is 0.241 e. The van der Waals surface area contributed by atoms with E-state index in [-0.39, 0.29) is 11.8 Å². The van der Waals surface area contributed by atoms with Crippen LogP contribution in [-0.4, -0.2) is 36.3 Å². The minimum absolute atomic E-state index is 0.0297. The molecule has 1 aromatic rings. The Balaban J connectivity index is 1.78. The van der Waals surface area contributed by atoms with Crippen LogP contribution in [0, 0.1) is 5.92 Å². The van der Waals surface area contributed by atoms with E-state index in [1.165, 1.54) is 12.8 Å². The highest BCUT2D eigenvalue weighted by atomic mass is 16.2. The van der Waals surface area contributed by atoms with Crippen LogP contribution in [0.2, 0.25) is 0 Å². The summed E-state index contributed by atoms with van der Waals surface area (Å²) < 4.78 is 0. The van der Waals surface area contributed by atoms with Crippen molar-refractivity contribution in [1.82, 2.24) is 4.90 Å². The summed E-state index contributed by atoms with van der Waals surface area (Å²) in [7, 11) is 0. The molecular weight excluding hydrogens is 302 g/mol. The number of nitrogens with one attached hydrogen (secondary N) is 2. The molecule has 2 amide bonds. The van der Waals surface area contributed by atoms with E-state index in [2.05, 4.69) is 10.6 Å². The second-order valence-electron chi connectivity index (χ2n) is 6.87. The Morgan fingerprint density at radius 1 is 1.00 bits per heavy atom. The standard InChI is InChI=1S/C19H29N3O2/c1-15(2)13-18(23)21-17-9-7-16(8-10-17)20-14-19(24)22-11-5-3-4-6-12-22/h7-10,15,20H,3-6,11-14H2,1-2H3,(H,21,23). The third kappa shape index (κ3) is 6.22. The minimum Gasteiger partial charge on any atom is -0.376 e. The first kappa shape index (κ1) is 18.3. The van der Waals surface area contributed by atoms with Gasteiger partial charge in [0.05, 0.1) is 6.54 Å². The second-order valence-corrected chi connectivity index (χ2v) is 6.87. The third-order valence-corrected chi connectivity index (χ3v) is 4.16. The zero-order chi connectivity index (χ0) is 17.4. The molecule has 1 saturated heterocycles. The molecule has 0 radical (unpaired) electrons. The van der Waals surface area contributed by atoms with Gasteiger partial charge in [-0.2, -0.15) is 0 Å². The van der Waals surface area contributed by atoms with Gasteiger partial charge in [-0.05, 0) is 43.0 Å². The fraction of sp³-hybridized carbons (Fsp3) is 0.579. The summed E-state index contributed by atoms with van der Waals surface area (Å²) in [5.41, 5.74) is 1.67. The van der Waals surface area contributed by atoms with E-state index in [1.807, 2.05) is 43.0 Å². The van der Waals surface area contributed by atoms with Crippen LogP contribution in [0.4, 0.5) is 11.4 Å². The van der Waals surface area contributed by atoms with Gasteiger partial charge in [-0.15, -0.1) is 0 Å². The Hall–Kier alpha value is -2.04. The summed E-state index contributed by atoms with van der Waals surface area (Å²) in [4.78, 5) is 26.0. The topological polar surface area (TPSA) is 61.4 Å². The fourth-order valence-corrected chi connectivity index (χ4v) is 2.86. The summed E-state index contributed by atoms with van der Waals surface area (Å²) in [6.07, 6.45) is 5.18. The maximum absolute atomic E-state index is 12.2. The Morgan fingerprint density at radius 3 is 2.17 bits per heavy atom. The Morgan fingerprint density at radius 2 is 1.58 bits per heavy atom. The average Bonchev–Trinajstić information content (AvgIpc) is 2.82. The molecule has 1 aliphatic rings. The van der Waals surface area contributed by atoms with Crippen molar-refractivity contribution in [3.05, 3.63) is 24.3 Å². The van der Waals surface area contributed by atoms with Gasteiger partial charge < -0.3 is 15.5 Å². The summed E-state index contributed by atoms with van der Waals surface area (Å²) >= 11 is 0. The van der Waals surface area contributed by atoms with Crippen LogP contribution in [0.25, 0.3) is 0 Å². The number of nitrogens with zero attached hydrogens (tertiary/aromatic N) is 1. The van der Waals surface area contributed by atoms with Gasteiger partial charge in [0, 0.05) is 30.9 Å². The number of rotatable bonds is 6. The highest BCUT2D eigenvalue weighted by Crippen LogP contribution is 2.15. The molecule has 24 heavy (non-hydrogen) atoms. The number of carbonyl (C=O) groups excluding carboxylic acids is 2. The first-order valence-corrected chi connectivity index (χ1v) is 8.96. The van der Waals surface area contributed by atoms with Crippen molar-refractivity contribution in [2.45, 2.75) is 46.0 Å². The highest BCUT2D eigenvalue weighted by molar-refractivity contribution is 5.91. The average molecular weight is 331 g/mol. The molecule has 5 heteroatoms. The van der Waals surface area contributed by atoms with E-state index in [0.717, 1.165) is 37.3 Å². The van der Waals surface area contributed by atoms with E-state index < -0.39 is 0 Å². The molecule has 0 aromatic heterocycles. The highest BCUT2D eigenvalue weighted by Gasteiger charge is 2.14. The van der Waals surface area contributed by atoms with E-state index in [0.29, 0.717) is 18.9 Å². The van der Waals surface area contributed by atoms with E-state index in [4.69, 9.17) is 0 Å². The third-order valence-electron chi connectivity index (χ3n) is 4.16. The van der Waals surface area contributed by atoms with E-state index >= 15 is 0 Å². The Bertz CT molecular complexity index is 532. The molecule has 1 aromatic carbocycles. The molecule has 5 nitrogen and oxygen atoms in total. The molecule has 0 aliphatic carbocycles. The predicted octanol–water partition coefficient (Wildman–Crippen LogP) is 3.49. The number of hydrogen-bond donors (Lipinski definition) is 2. The fourth-order valence-electron chi connectivity index (χ4n) is 2.86. The van der Waals surface area contributed by atoms with Gasteiger partial charge in [-0.25, -0.2) is 0 Å². The number of amides is 2. The molecule has 2 N–H and O–H groups in total. The monoisotopic (exact) mass is 331 g/mol. The molecule has 2 rings (SSSR count). The number of carbonyl (C=O) groups is 2. The SMILES string of the molecule is CC(C)CC(=O)Nc1ccc(NCC(=O)N2CCCCCC2)cc1. The molecular formula is C19H29N3O2. The maximum atomic E-state index is 12.2. The molecule has 1 fully saturated rings. The number of hydrogen-bond acceptors (Lipinski definition) is 3. The molecule has 0 spiro atoms. The number of likely N-dealkylation sites (tertiary alicyclic amines) is 1. The molecule has 1 heterocycles. The summed E-state index contributed by atoms with van der Waals surface area (Å²) in [6, 6.07) is 7.50. The lowest BCUT2D eigenvalue weighted by Crippen LogP contribution is -2.36.